The zero-order valence-electron chi connectivity index (χ0n) is 12.6. The molecule has 1 fully saturated rings. The third-order valence-corrected chi connectivity index (χ3v) is 5.28. The summed E-state index contributed by atoms with van der Waals surface area (Å²) in [5.41, 5.74) is 2.23. The number of benzene rings is 1. The Kier molecular flexibility index (Phi) is 4.96. The van der Waals surface area contributed by atoms with E-state index in [9.17, 15) is 4.79 Å². The van der Waals surface area contributed by atoms with Crippen molar-refractivity contribution in [2.75, 3.05) is 24.3 Å². The highest BCUT2D eigenvalue weighted by Crippen LogP contribution is 2.27. The summed E-state index contributed by atoms with van der Waals surface area (Å²) in [6, 6.07) is 6.35. The number of piperidine rings is 1. The summed E-state index contributed by atoms with van der Waals surface area (Å²) < 4.78 is 1.10. The first-order valence-corrected chi connectivity index (χ1v) is 8.97. The summed E-state index contributed by atoms with van der Waals surface area (Å²) in [5.74, 6) is 0.589. The number of rotatable bonds is 4. The molecule has 0 spiro atoms. The van der Waals surface area contributed by atoms with Crippen molar-refractivity contribution in [1.82, 2.24) is 9.88 Å². The predicted octanol–water partition coefficient (Wildman–Crippen LogP) is 3.71. The molecule has 1 N–H and O–H groups in total. The Hall–Kier alpha value is -1.17. The minimum atomic E-state index is -0.219. The van der Waals surface area contributed by atoms with E-state index >= 15 is 0 Å². The smallest absolute Gasteiger partial charge is 0.241 e. The van der Waals surface area contributed by atoms with Gasteiger partial charge in [0, 0.05) is 6.54 Å². The quantitative estimate of drug-likeness (QED) is 0.865. The fourth-order valence-corrected chi connectivity index (χ4v) is 3.76. The van der Waals surface area contributed by atoms with Gasteiger partial charge in [0.1, 0.15) is 5.88 Å². The van der Waals surface area contributed by atoms with Crippen LogP contribution in [0.1, 0.15) is 25.3 Å². The average molecular weight is 338 g/mol. The fourth-order valence-electron chi connectivity index (χ4n) is 2.75. The first kappa shape index (κ1) is 15.7. The lowest BCUT2D eigenvalue weighted by Crippen LogP contribution is -2.32. The molecule has 1 amide bonds. The molecular formula is C16H20ClN3OS. The first-order valence-electron chi connectivity index (χ1n) is 7.61. The van der Waals surface area contributed by atoms with Crippen LogP contribution in [0.15, 0.2) is 18.2 Å². The molecular weight excluding hydrogens is 318 g/mol. The van der Waals surface area contributed by atoms with Gasteiger partial charge in [0.05, 0.1) is 10.2 Å². The summed E-state index contributed by atoms with van der Waals surface area (Å²) in [4.78, 5) is 18.3. The second kappa shape index (κ2) is 6.94. The normalized spacial score (nSPS) is 17.0. The molecule has 6 heteroatoms. The molecule has 118 valence electrons. The first-order chi connectivity index (χ1) is 10.6. The number of alkyl halides is 1. The van der Waals surface area contributed by atoms with Crippen molar-refractivity contribution < 1.29 is 4.79 Å². The van der Waals surface area contributed by atoms with Gasteiger partial charge in [-0.3, -0.25) is 9.69 Å². The molecule has 3 rings (SSSR count). The standard InChI is InChI=1S/C16H20ClN3OS/c1-11-4-6-20(7-5-11)10-12-2-3-13-14(8-12)22-16(18-13)19-15(21)9-17/h2-3,8,11H,4-7,9-10H2,1H3,(H,18,19,21). The molecule has 2 heterocycles. The van der Waals surface area contributed by atoms with Gasteiger partial charge >= 0.3 is 0 Å². The Morgan fingerprint density at radius 2 is 2.23 bits per heavy atom. The summed E-state index contributed by atoms with van der Waals surface area (Å²) >= 11 is 7.00. The van der Waals surface area contributed by atoms with Crippen molar-refractivity contribution in [2.24, 2.45) is 5.92 Å². The maximum atomic E-state index is 11.3. The lowest BCUT2D eigenvalue weighted by atomic mass is 9.99. The van der Waals surface area contributed by atoms with E-state index in [1.807, 2.05) is 6.07 Å². The van der Waals surface area contributed by atoms with E-state index in [-0.39, 0.29) is 11.8 Å². The van der Waals surface area contributed by atoms with Crippen molar-refractivity contribution in [2.45, 2.75) is 26.3 Å². The van der Waals surface area contributed by atoms with Gasteiger partial charge in [-0.2, -0.15) is 0 Å². The van der Waals surface area contributed by atoms with E-state index in [1.165, 1.54) is 42.8 Å². The van der Waals surface area contributed by atoms with Crippen LogP contribution in [0.2, 0.25) is 0 Å². The number of likely N-dealkylation sites (tertiary alicyclic amines) is 1. The number of anilines is 1. The Labute approximate surface area is 139 Å². The van der Waals surface area contributed by atoms with Crippen molar-refractivity contribution in [3.8, 4) is 0 Å². The minimum absolute atomic E-state index is 0.0471. The summed E-state index contributed by atoms with van der Waals surface area (Å²) in [6.45, 7) is 5.68. The average Bonchev–Trinajstić information content (AvgIpc) is 2.91. The number of thiazole rings is 1. The van der Waals surface area contributed by atoms with E-state index in [0.29, 0.717) is 5.13 Å². The van der Waals surface area contributed by atoms with Crippen molar-refractivity contribution in [3.63, 3.8) is 0 Å². The van der Waals surface area contributed by atoms with Crippen LogP contribution in [0.4, 0.5) is 5.13 Å². The Morgan fingerprint density at radius 1 is 1.45 bits per heavy atom. The number of nitrogens with zero attached hydrogens (tertiary/aromatic N) is 2. The number of carbonyl (C=O) groups excluding carboxylic acids is 1. The number of aromatic nitrogens is 1. The monoisotopic (exact) mass is 337 g/mol. The SMILES string of the molecule is CC1CCN(Cc2ccc3nc(NC(=O)CCl)sc3c2)CC1. The predicted molar refractivity (Wildman–Crippen MR) is 92.6 cm³/mol. The molecule has 0 unspecified atom stereocenters. The Morgan fingerprint density at radius 3 is 2.95 bits per heavy atom. The second-order valence-electron chi connectivity index (χ2n) is 5.96. The molecule has 2 aromatic rings. The van der Waals surface area contributed by atoms with Crippen molar-refractivity contribution >= 4 is 44.2 Å². The largest absolute Gasteiger partial charge is 0.301 e. The highest BCUT2D eigenvalue weighted by atomic mass is 35.5. The van der Waals surface area contributed by atoms with E-state index in [0.717, 1.165) is 22.7 Å². The second-order valence-corrected chi connectivity index (χ2v) is 7.26. The van der Waals surface area contributed by atoms with Crippen molar-refractivity contribution in [1.29, 1.82) is 0 Å². The van der Waals surface area contributed by atoms with Gasteiger partial charge in [0.25, 0.3) is 0 Å². The number of hydrogen-bond acceptors (Lipinski definition) is 4. The van der Waals surface area contributed by atoms with Gasteiger partial charge in [-0.25, -0.2) is 4.98 Å². The number of nitrogens with one attached hydrogen (secondary N) is 1. The third kappa shape index (κ3) is 3.77. The lowest BCUT2D eigenvalue weighted by Gasteiger charge is -2.30. The van der Waals surface area contributed by atoms with Crippen LogP contribution in [0.25, 0.3) is 10.2 Å². The number of amides is 1. The molecule has 0 radical (unpaired) electrons. The van der Waals surface area contributed by atoms with Crippen LogP contribution in [0, 0.1) is 5.92 Å². The van der Waals surface area contributed by atoms with Gasteiger partial charge in [-0.15, -0.1) is 11.6 Å². The van der Waals surface area contributed by atoms with Crippen molar-refractivity contribution in [3.05, 3.63) is 23.8 Å². The summed E-state index contributed by atoms with van der Waals surface area (Å²) in [6.07, 6.45) is 2.58. The molecule has 1 aliphatic heterocycles. The van der Waals surface area contributed by atoms with Crippen LogP contribution in [0.5, 0.6) is 0 Å². The minimum Gasteiger partial charge on any atom is -0.301 e. The van der Waals surface area contributed by atoms with E-state index < -0.39 is 0 Å². The number of carbonyl (C=O) groups is 1. The summed E-state index contributed by atoms with van der Waals surface area (Å²) in [5, 5.41) is 3.33. The fraction of sp³-hybridized carbons (Fsp3) is 0.500. The molecule has 0 bridgehead atoms. The van der Waals surface area contributed by atoms with Crippen LogP contribution in [0.3, 0.4) is 0 Å². The zero-order valence-corrected chi connectivity index (χ0v) is 14.2. The van der Waals surface area contributed by atoms with Gasteiger partial charge in [-0.1, -0.05) is 24.3 Å². The molecule has 0 saturated carbocycles. The number of hydrogen-bond donors (Lipinski definition) is 1. The molecule has 0 atom stereocenters. The lowest BCUT2D eigenvalue weighted by molar-refractivity contribution is -0.113. The van der Waals surface area contributed by atoms with Gasteiger partial charge in [0.2, 0.25) is 5.91 Å². The number of fused-ring (bicyclic) bond motifs is 1. The molecule has 22 heavy (non-hydrogen) atoms. The topological polar surface area (TPSA) is 45.2 Å². The van der Waals surface area contributed by atoms with Gasteiger partial charge in [0.15, 0.2) is 5.13 Å². The maximum absolute atomic E-state index is 11.3. The molecule has 1 aromatic heterocycles. The Bertz CT molecular complexity index is 664. The van der Waals surface area contributed by atoms with Crippen LogP contribution in [-0.4, -0.2) is 34.8 Å². The van der Waals surface area contributed by atoms with Gasteiger partial charge < -0.3 is 5.32 Å². The molecule has 0 aliphatic carbocycles. The number of halogens is 1. The van der Waals surface area contributed by atoms with Gasteiger partial charge in [-0.05, 0) is 49.5 Å². The Balaban J connectivity index is 1.71. The highest BCUT2D eigenvalue weighted by Gasteiger charge is 2.16. The maximum Gasteiger partial charge on any atom is 0.241 e. The van der Waals surface area contributed by atoms with Crippen LogP contribution in [-0.2, 0) is 11.3 Å². The van der Waals surface area contributed by atoms with Crippen LogP contribution >= 0.6 is 22.9 Å². The summed E-state index contributed by atoms with van der Waals surface area (Å²) in [7, 11) is 0. The van der Waals surface area contributed by atoms with Crippen LogP contribution < -0.4 is 5.32 Å². The van der Waals surface area contributed by atoms with E-state index in [1.54, 1.807) is 0 Å². The molecule has 1 aliphatic rings. The highest BCUT2D eigenvalue weighted by molar-refractivity contribution is 7.22. The molecule has 1 saturated heterocycles. The van der Waals surface area contributed by atoms with E-state index in [2.05, 4.69) is 34.3 Å². The van der Waals surface area contributed by atoms with E-state index in [4.69, 9.17) is 11.6 Å². The zero-order chi connectivity index (χ0) is 15.5. The molecule has 4 nitrogen and oxygen atoms in total. The third-order valence-electron chi connectivity index (χ3n) is 4.10. The molecule has 1 aromatic carbocycles.